The highest BCUT2D eigenvalue weighted by atomic mass is 16.3. The average molecular weight is 193 g/mol. The van der Waals surface area contributed by atoms with Gasteiger partial charge in [-0.2, -0.15) is 0 Å². The Kier molecular flexibility index (Phi) is 4.60. The van der Waals surface area contributed by atoms with Gasteiger partial charge in [0, 0.05) is 11.9 Å². The Morgan fingerprint density at radius 2 is 2.21 bits per heavy atom. The van der Waals surface area contributed by atoms with E-state index in [9.17, 15) is 0 Å². The Hall–Kier alpha value is -0.890. The van der Waals surface area contributed by atoms with Gasteiger partial charge in [0.15, 0.2) is 0 Å². The zero-order chi connectivity index (χ0) is 10.4. The maximum atomic E-state index is 9.09. The van der Waals surface area contributed by atoms with Crippen LogP contribution in [-0.4, -0.2) is 16.2 Å². The van der Waals surface area contributed by atoms with E-state index in [0.29, 0.717) is 0 Å². The highest BCUT2D eigenvalue weighted by molar-refractivity contribution is 5.13. The lowest BCUT2D eigenvalue weighted by Crippen LogP contribution is -2.00. The summed E-state index contributed by atoms with van der Waals surface area (Å²) < 4.78 is 0. The number of aromatic nitrogens is 1. The maximum Gasteiger partial charge on any atom is 0.0512 e. The van der Waals surface area contributed by atoms with Crippen LogP contribution in [0.1, 0.15) is 37.9 Å². The molecule has 0 amide bonds. The molecule has 0 saturated heterocycles. The number of rotatable bonds is 5. The molecule has 0 aliphatic carbocycles. The molecule has 0 bridgehead atoms. The lowest BCUT2D eigenvalue weighted by molar-refractivity contribution is 0.181. The van der Waals surface area contributed by atoms with Crippen molar-refractivity contribution in [2.24, 2.45) is 0 Å². The number of nitrogens with zero attached hydrogens (tertiary/aromatic N) is 1. The van der Waals surface area contributed by atoms with Crippen LogP contribution in [0.3, 0.4) is 0 Å². The smallest absolute Gasteiger partial charge is 0.0512 e. The second kappa shape index (κ2) is 5.76. The fraction of sp³-hybridized carbons (Fsp3) is 0.583. The Morgan fingerprint density at radius 1 is 1.43 bits per heavy atom. The van der Waals surface area contributed by atoms with Crippen LogP contribution in [0.4, 0.5) is 0 Å². The zero-order valence-electron chi connectivity index (χ0n) is 9.03. The van der Waals surface area contributed by atoms with Gasteiger partial charge in [-0.05, 0) is 44.2 Å². The van der Waals surface area contributed by atoms with E-state index >= 15 is 0 Å². The number of hydrogen-bond acceptors (Lipinski definition) is 2. The summed E-state index contributed by atoms with van der Waals surface area (Å²) in [6, 6.07) is 4.21. The van der Waals surface area contributed by atoms with Crippen molar-refractivity contribution in [1.82, 2.24) is 4.98 Å². The van der Waals surface area contributed by atoms with Crippen LogP contribution in [-0.2, 0) is 12.8 Å². The van der Waals surface area contributed by atoms with Gasteiger partial charge in [0.25, 0.3) is 0 Å². The summed E-state index contributed by atoms with van der Waals surface area (Å²) in [5.74, 6) is 0. The van der Waals surface area contributed by atoms with Crippen molar-refractivity contribution >= 4 is 0 Å². The molecule has 0 saturated carbocycles. The third-order valence-electron chi connectivity index (χ3n) is 2.35. The van der Waals surface area contributed by atoms with Crippen molar-refractivity contribution in [1.29, 1.82) is 0 Å². The molecule has 1 N–H and O–H groups in total. The molecule has 2 nitrogen and oxygen atoms in total. The number of aryl methyl sites for hydroxylation is 2. The second-order valence-corrected chi connectivity index (χ2v) is 3.75. The van der Waals surface area contributed by atoms with Crippen LogP contribution in [0.2, 0.25) is 0 Å². The SMILES string of the molecule is CCc1ccc(CCCC(C)O)nc1. The van der Waals surface area contributed by atoms with Gasteiger partial charge in [-0.1, -0.05) is 13.0 Å². The largest absolute Gasteiger partial charge is 0.393 e. The molecule has 0 radical (unpaired) electrons. The van der Waals surface area contributed by atoms with Gasteiger partial charge in [0.2, 0.25) is 0 Å². The van der Waals surface area contributed by atoms with E-state index in [2.05, 4.69) is 24.0 Å². The summed E-state index contributed by atoms with van der Waals surface area (Å²) in [5.41, 5.74) is 2.41. The fourth-order valence-electron chi connectivity index (χ4n) is 1.39. The van der Waals surface area contributed by atoms with Crippen molar-refractivity contribution < 1.29 is 5.11 Å². The standard InChI is InChI=1S/C12H19NO/c1-3-11-7-8-12(13-9-11)6-4-5-10(2)14/h7-10,14H,3-6H2,1-2H3. The van der Waals surface area contributed by atoms with Crippen molar-refractivity contribution in [2.45, 2.75) is 45.6 Å². The summed E-state index contributed by atoms with van der Waals surface area (Å²) in [6.45, 7) is 3.96. The predicted molar refractivity (Wildman–Crippen MR) is 58.2 cm³/mol. The zero-order valence-corrected chi connectivity index (χ0v) is 9.03. The van der Waals surface area contributed by atoms with Gasteiger partial charge in [-0.3, -0.25) is 4.98 Å². The van der Waals surface area contributed by atoms with Crippen LogP contribution in [0.25, 0.3) is 0 Å². The number of aliphatic hydroxyl groups is 1. The van der Waals surface area contributed by atoms with E-state index in [4.69, 9.17) is 5.11 Å². The van der Waals surface area contributed by atoms with Crippen molar-refractivity contribution in [3.63, 3.8) is 0 Å². The lowest BCUT2D eigenvalue weighted by atomic mass is 10.1. The van der Waals surface area contributed by atoms with Crippen LogP contribution in [0, 0.1) is 0 Å². The summed E-state index contributed by atoms with van der Waals surface area (Å²) >= 11 is 0. The van der Waals surface area contributed by atoms with Crippen LogP contribution >= 0.6 is 0 Å². The molecule has 1 unspecified atom stereocenters. The van der Waals surface area contributed by atoms with Gasteiger partial charge in [-0.15, -0.1) is 0 Å². The first kappa shape index (κ1) is 11.2. The van der Waals surface area contributed by atoms with Gasteiger partial charge in [0.1, 0.15) is 0 Å². The minimum atomic E-state index is -0.190. The first-order valence-corrected chi connectivity index (χ1v) is 5.34. The molecule has 0 fully saturated rings. The molecule has 14 heavy (non-hydrogen) atoms. The van der Waals surface area contributed by atoms with Crippen LogP contribution < -0.4 is 0 Å². The molecule has 0 aliphatic rings. The quantitative estimate of drug-likeness (QED) is 0.778. The molecule has 2 heteroatoms. The number of pyridine rings is 1. The molecule has 1 aromatic heterocycles. The summed E-state index contributed by atoms with van der Waals surface area (Å²) in [7, 11) is 0. The topological polar surface area (TPSA) is 33.1 Å². The van der Waals surface area contributed by atoms with Crippen molar-refractivity contribution in [2.75, 3.05) is 0 Å². The molecule has 1 aromatic rings. The minimum Gasteiger partial charge on any atom is -0.393 e. The molecule has 1 heterocycles. The monoisotopic (exact) mass is 193 g/mol. The number of aliphatic hydroxyl groups excluding tert-OH is 1. The van der Waals surface area contributed by atoms with Crippen LogP contribution in [0.15, 0.2) is 18.3 Å². The van der Waals surface area contributed by atoms with Crippen molar-refractivity contribution in [3.8, 4) is 0 Å². The summed E-state index contributed by atoms with van der Waals surface area (Å²) in [4.78, 5) is 4.36. The molecule has 0 aliphatic heterocycles. The normalized spacial score (nSPS) is 12.8. The van der Waals surface area contributed by atoms with E-state index < -0.39 is 0 Å². The van der Waals surface area contributed by atoms with E-state index in [1.165, 1.54) is 5.56 Å². The molecular weight excluding hydrogens is 174 g/mol. The Bertz CT molecular complexity index is 254. The summed E-state index contributed by atoms with van der Waals surface area (Å²) in [5, 5.41) is 9.09. The third-order valence-corrected chi connectivity index (χ3v) is 2.35. The van der Waals surface area contributed by atoms with Gasteiger partial charge in [-0.25, -0.2) is 0 Å². The number of hydrogen-bond donors (Lipinski definition) is 1. The second-order valence-electron chi connectivity index (χ2n) is 3.75. The maximum absolute atomic E-state index is 9.09. The van der Waals surface area contributed by atoms with Gasteiger partial charge in [0.05, 0.1) is 6.10 Å². The molecule has 1 atom stereocenters. The first-order valence-electron chi connectivity index (χ1n) is 5.34. The van der Waals surface area contributed by atoms with Crippen molar-refractivity contribution in [3.05, 3.63) is 29.6 Å². The molecule has 1 rings (SSSR count). The molecule has 0 spiro atoms. The predicted octanol–water partition coefficient (Wildman–Crippen LogP) is 2.35. The summed E-state index contributed by atoms with van der Waals surface area (Å²) in [6.07, 6.45) is 5.63. The Morgan fingerprint density at radius 3 is 2.71 bits per heavy atom. The van der Waals surface area contributed by atoms with Gasteiger partial charge >= 0.3 is 0 Å². The Balaban J connectivity index is 2.36. The van der Waals surface area contributed by atoms with E-state index in [1.807, 2.05) is 13.1 Å². The van der Waals surface area contributed by atoms with E-state index in [0.717, 1.165) is 31.4 Å². The molecule has 78 valence electrons. The molecule has 0 aromatic carbocycles. The van der Waals surface area contributed by atoms with E-state index in [-0.39, 0.29) is 6.10 Å². The molecular formula is C12H19NO. The highest BCUT2D eigenvalue weighted by Crippen LogP contribution is 2.06. The van der Waals surface area contributed by atoms with Gasteiger partial charge < -0.3 is 5.11 Å². The van der Waals surface area contributed by atoms with E-state index in [1.54, 1.807) is 0 Å². The van der Waals surface area contributed by atoms with Crippen LogP contribution in [0.5, 0.6) is 0 Å². The first-order chi connectivity index (χ1) is 6.72. The third kappa shape index (κ3) is 3.88. The fourth-order valence-corrected chi connectivity index (χ4v) is 1.39. The highest BCUT2D eigenvalue weighted by Gasteiger charge is 1.98. The Labute approximate surface area is 86.0 Å². The average Bonchev–Trinajstić information content (AvgIpc) is 2.18. The minimum absolute atomic E-state index is 0.190. The lowest BCUT2D eigenvalue weighted by Gasteiger charge is -2.04.